The van der Waals surface area contributed by atoms with Gasteiger partial charge < -0.3 is 0 Å². The molecule has 0 aliphatic rings. The highest BCUT2D eigenvalue weighted by atomic mass is 32.2. The Labute approximate surface area is 128 Å². The van der Waals surface area contributed by atoms with E-state index in [1.165, 1.54) is 34.8 Å². The highest BCUT2D eigenvalue weighted by molar-refractivity contribution is 7.89. The monoisotopic (exact) mass is 328 g/mol. The number of hydrogen-bond acceptors (Lipinski definition) is 4. The van der Waals surface area contributed by atoms with E-state index < -0.39 is 15.8 Å². The lowest BCUT2D eigenvalue weighted by atomic mass is 10.1. The van der Waals surface area contributed by atoms with E-state index in [0.717, 1.165) is 9.88 Å². The standard InChI is InChI=1S/C14H17FN2O2S2/c1-9-5-12(15)6-10(2)14(9)21(18,19)17(4)8-13-7-16-11(3)20-13/h5-7H,8H2,1-4H3. The molecule has 0 atom stereocenters. The normalized spacial score (nSPS) is 12.1. The van der Waals surface area contributed by atoms with Crippen LogP contribution in [-0.2, 0) is 16.6 Å². The van der Waals surface area contributed by atoms with Gasteiger partial charge in [-0.05, 0) is 44.0 Å². The number of thiazole rings is 1. The van der Waals surface area contributed by atoms with E-state index in [-0.39, 0.29) is 11.4 Å². The second-order valence-corrected chi connectivity index (χ2v) is 8.28. The first-order chi connectivity index (χ1) is 9.71. The van der Waals surface area contributed by atoms with Crippen molar-refractivity contribution in [2.45, 2.75) is 32.2 Å². The Morgan fingerprint density at radius 3 is 2.29 bits per heavy atom. The zero-order valence-electron chi connectivity index (χ0n) is 12.3. The summed E-state index contributed by atoms with van der Waals surface area (Å²) in [6.07, 6.45) is 1.68. The van der Waals surface area contributed by atoms with Gasteiger partial charge in [0.15, 0.2) is 0 Å². The second-order valence-electron chi connectivity index (χ2n) is 4.98. The molecule has 21 heavy (non-hydrogen) atoms. The van der Waals surface area contributed by atoms with Crippen LogP contribution in [0.15, 0.2) is 23.2 Å². The van der Waals surface area contributed by atoms with Crippen LogP contribution in [0.4, 0.5) is 4.39 Å². The van der Waals surface area contributed by atoms with Crippen LogP contribution in [0.1, 0.15) is 21.0 Å². The van der Waals surface area contributed by atoms with Gasteiger partial charge in [0, 0.05) is 24.7 Å². The Morgan fingerprint density at radius 1 is 1.24 bits per heavy atom. The van der Waals surface area contributed by atoms with Gasteiger partial charge in [0.1, 0.15) is 5.82 Å². The van der Waals surface area contributed by atoms with Gasteiger partial charge in [-0.15, -0.1) is 11.3 Å². The lowest BCUT2D eigenvalue weighted by Gasteiger charge is -2.19. The van der Waals surface area contributed by atoms with Crippen LogP contribution < -0.4 is 0 Å². The van der Waals surface area contributed by atoms with Crippen molar-refractivity contribution >= 4 is 21.4 Å². The van der Waals surface area contributed by atoms with Crippen LogP contribution >= 0.6 is 11.3 Å². The maximum Gasteiger partial charge on any atom is 0.243 e. The Balaban J connectivity index is 2.38. The van der Waals surface area contributed by atoms with Gasteiger partial charge in [0.25, 0.3) is 0 Å². The largest absolute Gasteiger partial charge is 0.250 e. The lowest BCUT2D eigenvalue weighted by molar-refractivity contribution is 0.468. The Morgan fingerprint density at radius 2 is 1.81 bits per heavy atom. The van der Waals surface area contributed by atoms with Crippen molar-refractivity contribution in [1.29, 1.82) is 0 Å². The summed E-state index contributed by atoms with van der Waals surface area (Å²) in [5.41, 5.74) is 0.833. The van der Waals surface area contributed by atoms with Crippen LogP contribution in [0.3, 0.4) is 0 Å². The number of aromatic nitrogens is 1. The molecule has 0 radical (unpaired) electrons. The minimum absolute atomic E-state index is 0.174. The number of rotatable bonds is 4. The molecule has 0 saturated heterocycles. The van der Waals surface area contributed by atoms with E-state index in [2.05, 4.69) is 4.98 Å². The Hall–Kier alpha value is -1.31. The molecule has 0 saturated carbocycles. The third-order valence-corrected chi connectivity index (χ3v) is 6.15. The Kier molecular flexibility index (Phi) is 4.46. The topological polar surface area (TPSA) is 50.3 Å². The molecule has 1 aromatic carbocycles. The predicted molar refractivity (Wildman–Crippen MR) is 81.4 cm³/mol. The summed E-state index contributed by atoms with van der Waals surface area (Å²) in [4.78, 5) is 5.16. The van der Waals surface area contributed by atoms with E-state index in [1.54, 1.807) is 20.0 Å². The molecule has 0 bridgehead atoms. The molecule has 4 nitrogen and oxygen atoms in total. The number of nitrogens with zero attached hydrogens (tertiary/aromatic N) is 2. The summed E-state index contributed by atoms with van der Waals surface area (Å²) in [6, 6.07) is 2.48. The number of benzene rings is 1. The summed E-state index contributed by atoms with van der Waals surface area (Å²) in [6.45, 7) is 5.34. The Bertz CT molecular complexity index is 746. The molecule has 2 aromatic rings. The minimum Gasteiger partial charge on any atom is -0.250 e. The van der Waals surface area contributed by atoms with E-state index in [9.17, 15) is 12.8 Å². The van der Waals surface area contributed by atoms with Crippen LogP contribution in [0, 0.1) is 26.6 Å². The number of hydrogen-bond donors (Lipinski definition) is 0. The third-order valence-electron chi connectivity index (χ3n) is 3.14. The zero-order valence-corrected chi connectivity index (χ0v) is 14.0. The van der Waals surface area contributed by atoms with Crippen LogP contribution in [0.5, 0.6) is 0 Å². The summed E-state index contributed by atoms with van der Waals surface area (Å²) < 4.78 is 40.0. The molecular formula is C14H17FN2O2S2. The van der Waals surface area contributed by atoms with E-state index in [4.69, 9.17) is 0 Å². The summed E-state index contributed by atoms with van der Waals surface area (Å²) in [5, 5.41) is 0.893. The number of aryl methyl sites for hydroxylation is 3. The van der Waals surface area contributed by atoms with E-state index >= 15 is 0 Å². The third kappa shape index (κ3) is 3.30. The van der Waals surface area contributed by atoms with Crippen molar-refractivity contribution in [1.82, 2.24) is 9.29 Å². The van der Waals surface area contributed by atoms with Crippen molar-refractivity contribution in [3.8, 4) is 0 Å². The molecule has 0 spiro atoms. The highest BCUT2D eigenvalue weighted by Crippen LogP contribution is 2.26. The van der Waals surface area contributed by atoms with Crippen molar-refractivity contribution in [3.05, 3.63) is 45.2 Å². The summed E-state index contributed by atoms with van der Waals surface area (Å²) in [7, 11) is -2.14. The first-order valence-electron chi connectivity index (χ1n) is 6.36. The highest BCUT2D eigenvalue weighted by Gasteiger charge is 2.25. The van der Waals surface area contributed by atoms with Crippen LogP contribution in [-0.4, -0.2) is 24.8 Å². The van der Waals surface area contributed by atoms with Crippen molar-refractivity contribution in [2.24, 2.45) is 0 Å². The van der Waals surface area contributed by atoms with Gasteiger partial charge >= 0.3 is 0 Å². The average Bonchev–Trinajstić information content (AvgIpc) is 2.72. The molecule has 114 valence electrons. The van der Waals surface area contributed by atoms with Crippen molar-refractivity contribution < 1.29 is 12.8 Å². The van der Waals surface area contributed by atoms with Crippen molar-refractivity contribution in [2.75, 3.05) is 7.05 Å². The number of sulfonamides is 1. The fourth-order valence-corrected chi connectivity index (χ4v) is 4.73. The fourth-order valence-electron chi connectivity index (χ4n) is 2.24. The maximum atomic E-state index is 13.3. The van der Waals surface area contributed by atoms with E-state index in [0.29, 0.717) is 11.1 Å². The molecule has 0 amide bonds. The SMILES string of the molecule is Cc1ncc(CN(C)S(=O)(=O)c2c(C)cc(F)cc2C)s1. The molecule has 0 aliphatic heterocycles. The van der Waals surface area contributed by atoms with Gasteiger partial charge in [0.05, 0.1) is 9.90 Å². The maximum absolute atomic E-state index is 13.3. The molecule has 0 fully saturated rings. The molecule has 0 aliphatic carbocycles. The minimum atomic E-state index is -3.66. The molecule has 7 heteroatoms. The van der Waals surface area contributed by atoms with Crippen molar-refractivity contribution in [3.63, 3.8) is 0 Å². The lowest BCUT2D eigenvalue weighted by Crippen LogP contribution is -2.27. The molecular weight excluding hydrogens is 311 g/mol. The van der Waals surface area contributed by atoms with Gasteiger partial charge in [-0.3, -0.25) is 0 Å². The van der Waals surface area contributed by atoms with Gasteiger partial charge in [-0.2, -0.15) is 4.31 Å². The molecule has 2 rings (SSSR count). The fraction of sp³-hybridized carbons (Fsp3) is 0.357. The quantitative estimate of drug-likeness (QED) is 0.867. The number of halogens is 1. The second kappa shape index (κ2) is 5.82. The van der Waals surface area contributed by atoms with Gasteiger partial charge in [0.2, 0.25) is 10.0 Å². The smallest absolute Gasteiger partial charge is 0.243 e. The van der Waals surface area contributed by atoms with Crippen LogP contribution in [0.2, 0.25) is 0 Å². The van der Waals surface area contributed by atoms with E-state index in [1.807, 2.05) is 6.92 Å². The molecule has 1 aromatic heterocycles. The first-order valence-corrected chi connectivity index (χ1v) is 8.62. The van der Waals surface area contributed by atoms with Gasteiger partial charge in [-0.1, -0.05) is 0 Å². The molecule has 0 N–H and O–H groups in total. The summed E-state index contributed by atoms with van der Waals surface area (Å²) in [5.74, 6) is -0.426. The summed E-state index contributed by atoms with van der Waals surface area (Å²) >= 11 is 1.46. The van der Waals surface area contributed by atoms with Gasteiger partial charge in [-0.25, -0.2) is 17.8 Å². The predicted octanol–water partition coefficient (Wildman–Crippen LogP) is 3.03. The average molecular weight is 328 g/mol. The van der Waals surface area contributed by atoms with Crippen LogP contribution in [0.25, 0.3) is 0 Å². The molecule has 0 unspecified atom stereocenters. The molecule has 1 heterocycles. The zero-order chi connectivity index (χ0) is 15.8. The first kappa shape index (κ1) is 16.1.